The molecular weight excluding hydrogens is 298 g/mol. The summed E-state index contributed by atoms with van der Waals surface area (Å²) in [6.45, 7) is 0.715. The van der Waals surface area contributed by atoms with E-state index in [4.69, 9.17) is 11.6 Å². The minimum Gasteiger partial charge on any atom is -0.344 e. The Kier molecular flexibility index (Phi) is 4.99. The number of aromatic nitrogens is 1. The quantitative estimate of drug-likeness (QED) is 0.803. The van der Waals surface area contributed by atoms with E-state index in [1.54, 1.807) is 25.2 Å². The number of halogens is 1. The van der Waals surface area contributed by atoms with Crippen molar-refractivity contribution in [3.63, 3.8) is 0 Å². The van der Waals surface area contributed by atoms with Gasteiger partial charge in [-0.05, 0) is 19.3 Å². The summed E-state index contributed by atoms with van der Waals surface area (Å²) in [6, 6.07) is -0.0382. The molecule has 20 heavy (non-hydrogen) atoms. The van der Waals surface area contributed by atoms with Crippen LogP contribution >= 0.6 is 22.9 Å². The highest BCUT2D eigenvalue weighted by atomic mass is 35.5. The number of hydrogen-bond donors (Lipinski definition) is 0. The van der Waals surface area contributed by atoms with Gasteiger partial charge >= 0.3 is 0 Å². The molecule has 1 aliphatic rings. The standard InChI is InChI=1S/C13H18ClN3O2S/c1-16(2)13(19)10-8-15-12(20-10)9-5-3-4-6-17(9)11(18)7-14/h8-9H,3-7H2,1-2H3. The van der Waals surface area contributed by atoms with Gasteiger partial charge in [0.25, 0.3) is 5.91 Å². The van der Waals surface area contributed by atoms with E-state index < -0.39 is 0 Å². The molecule has 2 rings (SSSR count). The molecule has 1 unspecified atom stereocenters. The van der Waals surface area contributed by atoms with Crippen LogP contribution in [0.5, 0.6) is 0 Å². The molecular formula is C13H18ClN3O2S. The lowest BCUT2D eigenvalue weighted by molar-refractivity contribution is -0.132. The van der Waals surface area contributed by atoms with Crippen molar-refractivity contribution in [1.29, 1.82) is 0 Å². The summed E-state index contributed by atoms with van der Waals surface area (Å²) in [6.07, 6.45) is 4.54. The average molecular weight is 316 g/mol. The number of nitrogens with zero attached hydrogens (tertiary/aromatic N) is 3. The predicted octanol–water partition coefficient (Wildman–Crippen LogP) is 2.14. The zero-order valence-corrected chi connectivity index (χ0v) is 13.2. The average Bonchev–Trinajstić information content (AvgIpc) is 2.95. The molecule has 0 saturated carbocycles. The smallest absolute Gasteiger partial charge is 0.265 e. The van der Waals surface area contributed by atoms with Crippen LogP contribution in [-0.2, 0) is 4.79 Å². The Hall–Kier alpha value is -1.14. The van der Waals surface area contributed by atoms with E-state index in [0.29, 0.717) is 11.4 Å². The summed E-state index contributed by atoms with van der Waals surface area (Å²) >= 11 is 7.03. The van der Waals surface area contributed by atoms with Gasteiger partial charge in [-0.25, -0.2) is 4.98 Å². The largest absolute Gasteiger partial charge is 0.344 e. The first-order valence-corrected chi connectivity index (χ1v) is 7.92. The van der Waals surface area contributed by atoms with Crippen molar-refractivity contribution in [2.45, 2.75) is 25.3 Å². The van der Waals surface area contributed by atoms with E-state index in [0.717, 1.165) is 24.3 Å². The molecule has 1 aliphatic heterocycles. The summed E-state index contributed by atoms with van der Waals surface area (Å²) in [5, 5.41) is 0.827. The molecule has 0 N–H and O–H groups in total. The molecule has 0 aromatic carbocycles. The van der Waals surface area contributed by atoms with Gasteiger partial charge in [-0.15, -0.1) is 22.9 Å². The van der Waals surface area contributed by atoms with Crippen LogP contribution in [0.3, 0.4) is 0 Å². The maximum atomic E-state index is 11.9. The van der Waals surface area contributed by atoms with Crippen LogP contribution in [0.25, 0.3) is 0 Å². The highest BCUT2D eigenvalue weighted by Gasteiger charge is 2.30. The van der Waals surface area contributed by atoms with E-state index in [1.165, 1.54) is 16.2 Å². The zero-order chi connectivity index (χ0) is 14.7. The van der Waals surface area contributed by atoms with Gasteiger partial charge in [0.2, 0.25) is 5.91 Å². The lowest BCUT2D eigenvalue weighted by Gasteiger charge is -2.34. The van der Waals surface area contributed by atoms with Crippen LogP contribution in [0.1, 0.15) is 40.0 Å². The maximum Gasteiger partial charge on any atom is 0.265 e. The van der Waals surface area contributed by atoms with Gasteiger partial charge in [0.05, 0.1) is 12.2 Å². The molecule has 1 aromatic rings. The van der Waals surface area contributed by atoms with E-state index in [9.17, 15) is 9.59 Å². The van der Waals surface area contributed by atoms with Crippen molar-refractivity contribution >= 4 is 34.8 Å². The molecule has 110 valence electrons. The molecule has 0 spiro atoms. The molecule has 0 aliphatic carbocycles. The number of carbonyl (C=O) groups is 2. The van der Waals surface area contributed by atoms with Crippen LogP contribution in [-0.4, -0.2) is 53.1 Å². The van der Waals surface area contributed by atoms with Gasteiger partial charge in [-0.1, -0.05) is 0 Å². The molecule has 0 radical (unpaired) electrons. The van der Waals surface area contributed by atoms with Crippen molar-refractivity contribution in [1.82, 2.24) is 14.8 Å². The topological polar surface area (TPSA) is 53.5 Å². The fourth-order valence-corrected chi connectivity index (χ4v) is 3.57. The van der Waals surface area contributed by atoms with E-state index >= 15 is 0 Å². The van der Waals surface area contributed by atoms with Gasteiger partial charge in [0, 0.05) is 20.6 Å². The summed E-state index contributed by atoms with van der Waals surface area (Å²) in [5.74, 6) is -0.127. The maximum absolute atomic E-state index is 11.9. The molecule has 1 fully saturated rings. The number of amides is 2. The number of thiazole rings is 1. The predicted molar refractivity (Wildman–Crippen MR) is 79.2 cm³/mol. The Bertz CT molecular complexity index is 504. The zero-order valence-electron chi connectivity index (χ0n) is 11.6. The van der Waals surface area contributed by atoms with Crippen LogP contribution in [0.2, 0.25) is 0 Å². The Morgan fingerprint density at radius 2 is 2.25 bits per heavy atom. The van der Waals surface area contributed by atoms with Crippen molar-refractivity contribution in [3.05, 3.63) is 16.1 Å². The Morgan fingerprint density at radius 3 is 2.90 bits per heavy atom. The first-order chi connectivity index (χ1) is 9.54. The molecule has 1 saturated heterocycles. The normalized spacial score (nSPS) is 18.9. The fourth-order valence-electron chi connectivity index (χ4n) is 2.32. The second kappa shape index (κ2) is 6.54. The molecule has 5 nitrogen and oxygen atoms in total. The highest BCUT2D eigenvalue weighted by molar-refractivity contribution is 7.13. The number of piperidine rings is 1. The first kappa shape index (κ1) is 15.3. The highest BCUT2D eigenvalue weighted by Crippen LogP contribution is 2.33. The lowest BCUT2D eigenvalue weighted by Crippen LogP contribution is -2.39. The van der Waals surface area contributed by atoms with Gasteiger partial charge in [0.15, 0.2) is 0 Å². The third-order valence-electron chi connectivity index (χ3n) is 3.36. The minimum absolute atomic E-state index is 0.00857. The van der Waals surface area contributed by atoms with Gasteiger partial charge in [0.1, 0.15) is 15.8 Å². The van der Waals surface area contributed by atoms with Crippen molar-refractivity contribution in [3.8, 4) is 0 Å². The van der Waals surface area contributed by atoms with Crippen molar-refractivity contribution in [2.75, 3.05) is 26.5 Å². The van der Waals surface area contributed by atoms with Crippen LogP contribution in [0.15, 0.2) is 6.20 Å². The molecule has 7 heteroatoms. The minimum atomic E-state index is -0.0629. The number of likely N-dealkylation sites (tertiary alicyclic amines) is 1. The van der Waals surface area contributed by atoms with Crippen molar-refractivity contribution < 1.29 is 9.59 Å². The van der Waals surface area contributed by atoms with E-state index in [1.807, 2.05) is 0 Å². The fraction of sp³-hybridized carbons (Fsp3) is 0.615. The number of alkyl halides is 1. The van der Waals surface area contributed by atoms with Gasteiger partial charge < -0.3 is 9.80 Å². The molecule has 2 heterocycles. The summed E-state index contributed by atoms with van der Waals surface area (Å²) < 4.78 is 0. The molecule has 0 bridgehead atoms. The second-order valence-corrected chi connectivity index (χ2v) is 6.32. The molecule has 1 atom stereocenters. The third kappa shape index (κ3) is 3.12. The van der Waals surface area contributed by atoms with Crippen LogP contribution < -0.4 is 0 Å². The SMILES string of the molecule is CN(C)C(=O)c1cnc(C2CCCCN2C(=O)CCl)s1. The van der Waals surface area contributed by atoms with E-state index in [-0.39, 0.29) is 23.7 Å². The monoisotopic (exact) mass is 315 g/mol. The van der Waals surface area contributed by atoms with Crippen molar-refractivity contribution in [2.24, 2.45) is 0 Å². The Labute approximate surface area is 127 Å². The third-order valence-corrected chi connectivity index (χ3v) is 4.68. The Morgan fingerprint density at radius 1 is 1.50 bits per heavy atom. The molecule has 2 amide bonds. The van der Waals surface area contributed by atoms with Gasteiger partial charge in [-0.3, -0.25) is 9.59 Å². The van der Waals surface area contributed by atoms with Gasteiger partial charge in [-0.2, -0.15) is 0 Å². The first-order valence-electron chi connectivity index (χ1n) is 6.57. The summed E-state index contributed by atoms with van der Waals surface area (Å²) in [5.41, 5.74) is 0. The van der Waals surface area contributed by atoms with Crippen LogP contribution in [0.4, 0.5) is 0 Å². The number of hydrogen-bond acceptors (Lipinski definition) is 4. The number of carbonyl (C=O) groups excluding carboxylic acids is 2. The second-order valence-electron chi connectivity index (χ2n) is 4.99. The molecule has 1 aromatic heterocycles. The number of rotatable bonds is 3. The lowest BCUT2D eigenvalue weighted by atomic mass is 10.0. The summed E-state index contributed by atoms with van der Waals surface area (Å²) in [7, 11) is 3.43. The Balaban J connectivity index is 2.20. The van der Waals surface area contributed by atoms with E-state index in [2.05, 4.69) is 4.98 Å². The summed E-state index contributed by atoms with van der Waals surface area (Å²) in [4.78, 5) is 32.1. The van der Waals surface area contributed by atoms with Crippen LogP contribution in [0, 0.1) is 0 Å².